The summed E-state index contributed by atoms with van der Waals surface area (Å²) in [5.74, 6) is 0. The Morgan fingerprint density at radius 2 is 1.76 bits per heavy atom. The van der Waals surface area contributed by atoms with E-state index < -0.39 is 17.6 Å². The molecule has 0 bridgehead atoms. The molecule has 0 aliphatic carbocycles. The number of benzene rings is 1. The summed E-state index contributed by atoms with van der Waals surface area (Å²) in [5.41, 5.74) is 0.371. The molecule has 2 aliphatic rings. The van der Waals surface area contributed by atoms with Crippen LogP contribution in [0.25, 0.3) is 0 Å². The maximum absolute atomic E-state index is 13.7. The molecule has 0 saturated carbocycles. The number of hydrogen-bond acceptors (Lipinski definition) is 2. The number of alkyl halides is 3. The fourth-order valence-corrected chi connectivity index (χ4v) is 4.01. The number of hydrogen-bond donors (Lipinski definition) is 1. The van der Waals surface area contributed by atoms with Crippen molar-refractivity contribution in [1.29, 1.82) is 0 Å². The van der Waals surface area contributed by atoms with Crippen molar-refractivity contribution in [3.05, 3.63) is 35.9 Å². The first-order chi connectivity index (χ1) is 10.0. The van der Waals surface area contributed by atoms with Crippen LogP contribution >= 0.6 is 0 Å². The maximum Gasteiger partial charge on any atom is 0.404 e. The lowest BCUT2D eigenvalue weighted by molar-refractivity contribution is -0.204. The average Bonchev–Trinajstić information content (AvgIpc) is 2.79. The molecule has 1 spiro atoms. The molecule has 2 nitrogen and oxygen atoms in total. The molecule has 0 aromatic heterocycles. The highest BCUT2D eigenvalue weighted by atomic mass is 19.4. The third-order valence-corrected chi connectivity index (χ3v) is 4.98. The molecule has 116 valence electrons. The van der Waals surface area contributed by atoms with E-state index in [2.05, 4.69) is 5.32 Å². The zero-order valence-electron chi connectivity index (χ0n) is 12.0. The van der Waals surface area contributed by atoms with Crippen LogP contribution in [0.1, 0.15) is 24.8 Å². The molecule has 2 saturated heterocycles. The van der Waals surface area contributed by atoms with Gasteiger partial charge in [0.1, 0.15) is 6.04 Å². The van der Waals surface area contributed by atoms with E-state index in [1.54, 1.807) is 4.90 Å². The Hall–Kier alpha value is -1.07. The first-order valence-electron chi connectivity index (χ1n) is 7.57. The SMILES string of the molecule is FC(F)(F)C1N(Cc2ccccc2)CCC12CCNCC2. The lowest BCUT2D eigenvalue weighted by Gasteiger charge is -2.42. The predicted octanol–water partition coefficient (Wildman–Crippen LogP) is 3.19. The van der Waals surface area contributed by atoms with Gasteiger partial charge in [-0.15, -0.1) is 0 Å². The summed E-state index contributed by atoms with van der Waals surface area (Å²) >= 11 is 0. The standard InChI is InChI=1S/C16H21F3N2/c17-16(18,19)14-15(6-9-20-10-7-15)8-11-21(14)12-13-4-2-1-3-5-13/h1-5,14,20H,6-12H2. The predicted molar refractivity (Wildman–Crippen MR) is 75.8 cm³/mol. The van der Waals surface area contributed by atoms with Crippen molar-refractivity contribution < 1.29 is 13.2 Å². The summed E-state index contributed by atoms with van der Waals surface area (Å²) in [6.45, 7) is 2.33. The van der Waals surface area contributed by atoms with Crippen LogP contribution in [0.2, 0.25) is 0 Å². The van der Waals surface area contributed by atoms with Crippen LogP contribution in [0, 0.1) is 5.41 Å². The van der Waals surface area contributed by atoms with Crippen LogP contribution in [-0.2, 0) is 6.54 Å². The number of likely N-dealkylation sites (tertiary alicyclic amines) is 1. The van der Waals surface area contributed by atoms with Crippen LogP contribution in [0.15, 0.2) is 30.3 Å². The molecule has 1 N–H and O–H groups in total. The van der Waals surface area contributed by atoms with Gasteiger partial charge in [0.05, 0.1) is 0 Å². The van der Waals surface area contributed by atoms with E-state index in [0.29, 0.717) is 45.4 Å². The third kappa shape index (κ3) is 2.94. The van der Waals surface area contributed by atoms with Crippen molar-refractivity contribution in [3.8, 4) is 0 Å². The molecule has 0 radical (unpaired) electrons. The van der Waals surface area contributed by atoms with E-state index in [0.717, 1.165) is 5.56 Å². The molecule has 3 rings (SSSR count). The fraction of sp³-hybridized carbons (Fsp3) is 0.625. The number of nitrogens with one attached hydrogen (secondary N) is 1. The summed E-state index contributed by atoms with van der Waals surface area (Å²) < 4.78 is 41.0. The smallest absolute Gasteiger partial charge is 0.317 e. The topological polar surface area (TPSA) is 15.3 Å². The highest BCUT2D eigenvalue weighted by Gasteiger charge is 2.59. The van der Waals surface area contributed by atoms with Gasteiger partial charge in [0.25, 0.3) is 0 Å². The molecule has 0 amide bonds. The molecule has 2 aliphatic heterocycles. The fourth-order valence-electron chi connectivity index (χ4n) is 4.01. The van der Waals surface area contributed by atoms with Gasteiger partial charge in [-0.25, -0.2) is 0 Å². The molecule has 1 aromatic carbocycles. The van der Waals surface area contributed by atoms with Crippen molar-refractivity contribution >= 4 is 0 Å². The van der Waals surface area contributed by atoms with Gasteiger partial charge >= 0.3 is 6.18 Å². The van der Waals surface area contributed by atoms with Crippen LogP contribution in [0.4, 0.5) is 13.2 Å². The summed E-state index contributed by atoms with van der Waals surface area (Å²) in [4.78, 5) is 1.64. The summed E-state index contributed by atoms with van der Waals surface area (Å²) in [7, 11) is 0. The zero-order chi connectivity index (χ0) is 14.9. The Bertz CT molecular complexity index is 466. The first kappa shape index (κ1) is 14.9. The second-order valence-electron chi connectivity index (χ2n) is 6.26. The van der Waals surface area contributed by atoms with E-state index in [4.69, 9.17) is 0 Å². The minimum Gasteiger partial charge on any atom is -0.317 e. The van der Waals surface area contributed by atoms with Crippen molar-refractivity contribution in [2.75, 3.05) is 19.6 Å². The molecular formula is C16H21F3N2. The normalized spacial score (nSPS) is 26.3. The van der Waals surface area contributed by atoms with Gasteiger partial charge in [0.15, 0.2) is 0 Å². The minimum absolute atomic E-state index is 0.389. The third-order valence-electron chi connectivity index (χ3n) is 4.98. The highest BCUT2D eigenvalue weighted by Crippen LogP contribution is 2.50. The van der Waals surface area contributed by atoms with Gasteiger partial charge in [0, 0.05) is 6.54 Å². The Morgan fingerprint density at radius 3 is 2.38 bits per heavy atom. The summed E-state index contributed by atoms with van der Waals surface area (Å²) in [5, 5.41) is 3.19. The lowest BCUT2D eigenvalue weighted by Crippen LogP contribution is -2.53. The van der Waals surface area contributed by atoms with Gasteiger partial charge in [0.2, 0.25) is 0 Å². The van der Waals surface area contributed by atoms with E-state index in [1.165, 1.54) is 0 Å². The van der Waals surface area contributed by atoms with E-state index in [1.807, 2.05) is 30.3 Å². The largest absolute Gasteiger partial charge is 0.404 e. The number of halogens is 3. The number of nitrogens with zero attached hydrogens (tertiary/aromatic N) is 1. The minimum atomic E-state index is -4.15. The average molecular weight is 298 g/mol. The van der Waals surface area contributed by atoms with Gasteiger partial charge in [-0.2, -0.15) is 13.2 Å². The van der Waals surface area contributed by atoms with Crippen LogP contribution in [-0.4, -0.2) is 36.8 Å². The van der Waals surface area contributed by atoms with E-state index in [9.17, 15) is 13.2 Å². The molecule has 2 heterocycles. The van der Waals surface area contributed by atoms with E-state index >= 15 is 0 Å². The molecule has 1 unspecified atom stereocenters. The van der Waals surface area contributed by atoms with E-state index in [-0.39, 0.29) is 0 Å². The van der Waals surface area contributed by atoms with Gasteiger partial charge in [-0.3, -0.25) is 4.90 Å². The summed E-state index contributed by atoms with van der Waals surface area (Å²) in [6.07, 6.45) is -2.24. The second-order valence-corrected chi connectivity index (χ2v) is 6.26. The molecule has 2 fully saturated rings. The Morgan fingerprint density at radius 1 is 1.10 bits per heavy atom. The Balaban J connectivity index is 1.83. The van der Waals surface area contributed by atoms with Crippen LogP contribution in [0.5, 0.6) is 0 Å². The van der Waals surface area contributed by atoms with Gasteiger partial charge < -0.3 is 5.32 Å². The maximum atomic E-state index is 13.7. The Kier molecular flexibility index (Phi) is 3.97. The van der Waals surface area contributed by atoms with Crippen LogP contribution < -0.4 is 5.32 Å². The monoisotopic (exact) mass is 298 g/mol. The van der Waals surface area contributed by atoms with Crippen molar-refractivity contribution in [2.24, 2.45) is 5.41 Å². The first-order valence-corrected chi connectivity index (χ1v) is 7.57. The number of piperidine rings is 1. The zero-order valence-corrected chi connectivity index (χ0v) is 12.0. The molecule has 1 atom stereocenters. The molecule has 21 heavy (non-hydrogen) atoms. The molecule has 5 heteroatoms. The van der Waals surface area contributed by atoms with Crippen molar-refractivity contribution in [2.45, 2.75) is 38.0 Å². The van der Waals surface area contributed by atoms with Crippen molar-refractivity contribution in [1.82, 2.24) is 10.2 Å². The molecular weight excluding hydrogens is 277 g/mol. The highest BCUT2D eigenvalue weighted by molar-refractivity contribution is 5.16. The lowest BCUT2D eigenvalue weighted by atomic mass is 9.72. The second kappa shape index (κ2) is 5.61. The van der Waals surface area contributed by atoms with Gasteiger partial charge in [-0.05, 0) is 49.9 Å². The summed E-state index contributed by atoms with van der Waals surface area (Å²) in [6, 6.07) is 8.17. The van der Waals surface area contributed by atoms with Crippen molar-refractivity contribution in [3.63, 3.8) is 0 Å². The van der Waals surface area contributed by atoms with Gasteiger partial charge in [-0.1, -0.05) is 30.3 Å². The Labute approximate surface area is 123 Å². The quantitative estimate of drug-likeness (QED) is 0.902. The molecule has 1 aromatic rings. The van der Waals surface area contributed by atoms with Crippen LogP contribution in [0.3, 0.4) is 0 Å². The number of rotatable bonds is 2.